The smallest absolute Gasteiger partial charge is 0.241 e. The number of aryl methyl sites for hydroxylation is 1. The van der Waals surface area contributed by atoms with Gasteiger partial charge in [-0.2, -0.15) is 0 Å². The van der Waals surface area contributed by atoms with E-state index in [4.69, 9.17) is 10.5 Å². The second kappa shape index (κ2) is 6.40. The first kappa shape index (κ1) is 14.5. The van der Waals surface area contributed by atoms with E-state index in [-0.39, 0.29) is 5.91 Å². The quantitative estimate of drug-likeness (QED) is 0.843. The Hall–Kier alpha value is -1.55. The molecule has 0 aliphatic carbocycles. The third-order valence-electron chi connectivity index (χ3n) is 2.68. The number of methoxy groups -OCH3 is 1. The van der Waals surface area contributed by atoms with Gasteiger partial charge in [0.2, 0.25) is 5.91 Å². The summed E-state index contributed by atoms with van der Waals surface area (Å²) in [5, 5.41) is 2.80. The summed E-state index contributed by atoms with van der Waals surface area (Å²) in [6, 6.07) is 5.14. The van der Waals surface area contributed by atoms with E-state index in [2.05, 4.69) is 5.32 Å². The van der Waals surface area contributed by atoms with Gasteiger partial charge in [-0.15, -0.1) is 0 Å². The van der Waals surface area contributed by atoms with Gasteiger partial charge in [-0.3, -0.25) is 4.79 Å². The van der Waals surface area contributed by atoms with Gasteiger partial charge in [-0.05, 0) is 37.0 Å². The molecule has 18 heavy (non-hydrogen) atoms. The number of ether oxygens (including phenoxy) is 1. The van der Waals surface area contributed by atoms with E-state index in [1.54, 1.807) is 7.11 Å². The van der Waals surface area contributed by atoms with Crippen molar-refractivity contribution in [3.8, 4) is 5.75 Å². The monoisotopic (exact) mass is 250 g/mol. The van der Waals surface area contributed by atoms with E-state index in [9.17, 15) is 4.79 Å². The molecule has 1 rings (SSSR count). The van der Waals surface area contributed by atoms with Crippen LogP contribution in [0.25, 0.3) is 0 Å². The van der Waals surface area contributed by atoms with E-state index in [0.717, 1.165) is 5.56 Å². The maximum atomic E-state index is 11.9. The summed E-state index contributed by atoms with van der Waals surface area (Å²) in [5.41, 5.74) is 7.57. The minimum absolute atomic E-state index is 0.175. The first-order chi connectivity index (χ1) is 8.43. The van der Waals surface area contributed by atoms with E-state index in [1.165, 1.54) is 0 Å². The lowest BCUT2D eigenvalue weighted by Gasteiger charge is -2.16. The number of hydrogen-bond donors (Lipinski definition) is 2. The molecule has 0 bridgehead atoms. The molecule has 0 fully saturated rings. The largest absolute Gasteiger partial charge is 0.495 e. The summed E-state index contributed by atoms with van der Waals surface area (Å²) >= 11 is 0. The van der Waals surface area contributed by atoms with E-state index < -0.39 is 6.04 Å². The number of benzene rings is 1. The topological polar surface area (TPSA) is 64.3 Å². The van der Waals surface area contributed by atoms with Crippen molar-refractivity contribution >= 4 is 11.6 Å². The van der Waals surface area contributed by atoms with Crippen LogP contribution in [-0.2, 0) is 4.79 Å². The zero-order chi connectivity index (χ0) is 13.7. The number of nitrogens with two attached hydrogens (primary N) is 1. The molecule has 0 spiro atoms. The molecule has 0 heterocycles. The fourth-order valence-electron chi connectivity index (χ4n) is 1.74. The molecule has 3 N–H and O–H groups in total. The Balaban J connectivity index is 2.75. The van der Waals surface area contributed by atoms with Crippen LogP contribution in [0.2, 0.25) is 0 Å². The van der Waals surface area contributed by atoms with Gasteiger partial charge < -0.3 is 15.8 Å². The lowest BCUT2D eigenvalue weighted by Crippen LogP contribution is -2.36. The van der Waals surface area contributed by atoms with E-state index in [0.29, 0.717) is 23.8 Å². The molecule has 1 aromatic rings. The maximum Gasteiger partial charge on any atom is 0.241 e. The van der Waals surface area contributed by atoms with Crippen molar-refractivity contribution in [2.24, 2.45) is 11.7 Å². The molecule has 1 atom stereocenters. The normalized spacial score (nSPS) is 12.3. The minimum atomic E-state index is -0.490. The number of carbonyl (C=O) groups is 1. The molecular formula is C14H22N2O2. The molecule has 0 unspecified atom stereocenters. The number of anilines is 1. The molecule has 0 aliphatic heterocycles. The van der Waals surface area contributed by atoms with Crippen molar-refractivity contribution in [2.75, 3.05) is 12.4 Å². The highest BCUT2D eigenvalue weighted by Gasteiger charge is 2.16. The highest BCUT2D eigenvalue weighted by Crippen LogP contribution is 2.25. The first-order valence-electron chi connectivity index (χ1n) is 6.15. The summed E-state index contributed by atoms with van der Waals surface area (Å²) in [5.74, 6) is 0.872. The van der Waals surface area contributed by atoms with Crippen LogP contribution < -0.4 is 15.8 Å². The summed E-state index contributed by atoms with van der Waals surface area (Å²) in [6.45, 7) is 6.05. The lowest BCUT2D eigenvalue weighted by atomic mass is 10.0. The molecular weight excluding hydrogens is 228 g/mol. The van der Waals surface area contributed by atoms with Crippen LogP contribution in [0, 0.1) is 12.8 Å². The molecule has 1 amide bonds. The van der Waals surface area contributed by atoms with Crippen LogP contribution >= 0.6 is 0 Å². The van der Waals surface area contributed by atoms with Crippen LogP contribution in [0.3, 0.4) is 0 Å². The summed E-state index contributed by atoms with van der Waals surface area (Å²) in [4.78, 5) is 11.9. The second-order valence-corrected chi connectivity index (χ2v) is 4.93. The van der Waals surface area contributed by atoms with Crippen LogP contribution in [0.4, 0.5) is 5.69 Å². The summed E-state index contributed by atoms with van der Waals surface area (Å²) < 4.78 is 5.23. The Labute approximate surface area is 109 Å². The lowest BCUT2D eigenvalue weighted by molar-refractivity contribution is -0.117. The van der Waals surface area contributed by atoms with Gasteiger partial charge in [0.25, 0.3) is 0 Å². The molecule has 0 saturated heterocycles. The summed E-state index contributed by atoms with van der Waals surface area (Å²) in [6.07, 6.45) is 0.667. The average molecular weight is 250 g/mol. The highest BCUT2D eigenvalue weighted by atomic mass is 16.5. The fraction of sp³-hybridized carbons (Fsp3) is 0.500. The summed E-state index contributed by atoms with van der Waals surface area (Å²) in [7, 11) is 1.58. The van der Waals surface area contributed by atoms with Crippen LogP contribution in [0.5, 0.6) is 5.75 Å². The van der Waals surface area contributed by atoms with Crippen molar-refractivity contribution in [3.05, 3.63) is 23.8 Å². The van der Waals surface area contributed by atoms with Crippen molar-refractivity contribution in [1.29, 1.82) is 0 Å². The van der Waals surface area contributed by atoms with Gasteiger partial charge in [0.05, 0.1) is 18.8 Å². The fourth-order valence-corrected chi connectivity index (χ4v) is 1.74. The first-order valence-corrected chi connectivity index (χ1v) is 6.15. The average Bonchev–Trinajstić information content (AvgIpc) is 2.30. The number of rotatable bonds is 5. The maximum absolute atomic E-state index is 11.9. The Morgan fingerprint density at radius 3 is 2.67 bits per heavy atom. The zero-order valence-corrected chi connectivity index (χ0v) is 11.5. The molecule has 4 heteroatoms. The molecule has 1 aromatic carbocycles. The van der Waals surface area contributed by atoms with Crippen LogP contribution in [0.1, 0.15) is 25.8 Å². The van der Waals surface area contributed by atoms with Crippen molar-refractivity contribution in [3.63, 3.8) is 0 Å². The molecule has 0 saturated carbocycles. The van der Waals surface area contributed by atoms with Crippen LogP contribution in [0.15, 0.2) is 18.2 Å². The van der Waals surface area contributed by atoms with Gasteiger partial charge in [0.15, 0.2) is 0 Å². The van der Waals surface area contributed by atoms with Gasteiger partial charge in [-0.1, -0.05) is 19.9 Å². The van der Waals surface area contributed by atoms with E-state index >= 15 is 0 Å². The standard InChI is InChI=1S/C14H22N2O2/c1-9(2)7-11(15)14(17)16-12-6-5-10(3)8-13(12)18-4/h5-6,8-9,11H,7,15H2,1-4H3,(H,16,17)/t11-/m0/s1. The number of carbonyl (C=O) groups excluding carboxylic acids is 1. The highest BCUT2D eigenvalue weighted by molar-refractivity contribution is 5.95. The van der Waals surface area contributed by atoms with E-state index in [1.807, 2.05) is 39.0 Å². The zero-order valence-electron chi connectivity index (χ0n) is 11.5. The predicted molar refractivity (Wildman–Crippen MR) is 73.8 cm³/mol. The Morgan fingerprint density at radius 1 is 1.44 bits per heavy atom. The van der Waals surface area contributed by atoms with Crippen molar-refractivity contribution < 1.29 is 9.53 Å². The minimum Gasteiger partial charge on any atom is -0.495 e. The Morgan fingerprint density at radius 2 is 2.11 bits per heavy atom. The Kier molecular flexibility index (Phi) is 5.16. The number of amides is 1. The van der Waals surface area contributed by atoms with Crippen LogP contribution in [-0.4, -0.2) is 19.1 Å². The van der Waals surface area contributed by atoms with Crippen molar-refractivity contribution in [2.45, 2.75) is 33.2 Å². The molecule has 0 radical (unpaired) electrons. The molecule has 100 valence electrons. The third-order valence-corrected chi connectivity index (χ3v) is 2.68. The molecule has 0 aliphatic rings. The van der Waals surface area contributed by atoms with Gasteiger partial charge in [0, 0.05) is 0 Å². The van der Waals surface area contributed by atoms with Gasteiger partial charge in [-0.25, -0.2) is 0 Å². The number of hydrogen-bond acceptors (Lipinski definition) is 3. The van der Waals surface area contributed by atoms with Crippen molar-refractivity contribution in [1.82, 2.24) is 0 Å². The van der Waals surface area contributed by atoms with Gasteiger partial charge >= 0.3 is 0 Å². The second-order valence-electron chi connectivity index (χ2n) is 4.93. The Bertz CT molecular complexity index is 416. The van der Waals surface area contributed by atoms with Gasteiger partial charge in [0.1, 0.15) is 5.75 Å². The SMILES string of the molecule is COc1cc(C)ccc1NC(=O)[C@@H](N)CC(C)C. The molecule has 0 aromatic heterocycles. The number of nitrogens with one attached hydrogen (secondary N) is 1. The molecule has 4 nitrogen and oxygen atoms in total. The predicted octanol–water partition coefficient (Wildman–Crippen LogP) is 2.32. The third kappa shape index (κ3) is 4.04.